The lowest BCUT2D eigenvalue weighted by atomic mass is 9.89. The van der Waals surface area contributed by atoms with E-state index in [2.05, 4.69) is 36.5 Å². The normalized spacial score (nSPS) is 26.3. The fourth-order valence-electron chi connectivity index (χ4n) is 2.54. The number of nitrogens with two attached hydrogens (primary N) is 1. The Morgan fingerprint density at radius 2 is 2.21 bits per heavy atom. The molecule has 0 bridgehead atoms. The molecule has 7 nitrogen and oxygen atoms in total. The Balaban J connectivity index is 2.04. The van der Waals surface area contributed by atoms with Crippen molar-refractivity contribution in [1.82, 2.24) is 15.6 Å². The van der Waals surface area contributed by atoms with Gasteiger partial charge in [-0.2, -0.15) is 0 Å². The van der Waals surface area contributed by atoms with Crippen LogP contribution in [0.5, 0.6) is 0 Å². The number of hydrogen-bond acceptors (Lipinski definition) is 4. The van der Waals surface area contributed by atoms with Crippen molar-refractivity contribution in [2.24, 2.45) is 10.7 Å². The number of halogens is 1. The largest absolute Gasteiger partial charge is 0.370 e. The number of carbonyl (C=O) groups is 2. The Morgan fingerprint density at radius 3 is 2.89 bits per heavy atom. The van der Waals surface area contributed by atoms with Gasteiger partial charge < -0.3 is 16.0 Å². The van der Waals surface area contributed by atoms with Crippen LogP contribution in [0.1, 0.15) is 28.4 Å². The number of fused-ring (bicyclic) bond motifs is 1. The Morgan fingerprint density at radius 1 is 1.42 bits per heavy atom. The topological polar surface area (TPSA) is 112 Å². The van der Waals surface area contributed by atoms with Gasteiger partial charge in [-0.25, -0.2) is 4.99 Å². The van der Waals surface area contributed by atoms with Gasteiger partial charge in [0.2, 0.25) is 0 Å². The molecule has 0 aliphatic carbocycles. The minimum Gasteiger partial charge on any atom is -0.370 e. The molecule has 3 heterocycles. The first kappa shape index (κ1) is 12.2. The number of carbonyl (C=O) groups excluding carboxylic acids is 2. The number of nitrogens with zero attached hydrogens (tertiary/aromatic N) is 1. The highest BCUT2D eigenvalue weighted by atomic mass is 79.9. The summed E-state index contributed by atoms with van der Waals surface area (Å²) in [5.41, 5.74) is 6.80. The summed E-state index contributed by atoms with van der Waals surface area (Å²) in [6.45, 7) is 0.503. The van der Waals surface area contributed by atoms with Crippen LogP contribution in [0.2, 0.25) is 0 Å². The van der Waals surface area contributed by atoms with Crippen molar-refractivity contribution < 1.29 is 9.59 Å². The summed E-state index contributed by atoms with van der Waals surface area (Å²) in [6.07, 6.45) is 0.637. The van der Waals surface area contributed by atoms with Gasteiger partial charge in [-0.1, -0.05) is 0 Å². The van der Waals surface area contributed by atoms with Crippen LogP contribution in [-0.2, 0) is 4.79 Å². The van der Waals surface area contributed by atoms with Crippen molar-refractivity contribution >= 4 is 33.7 Å². The number of nitrogens with one attached hydrogen (secondary N) is 3. The molecule has 2 aliphatic rings. The maximum Gasteiger partial charge on any atom is 0.268 e. The zero-order valence-corrected chi connectivity index (χ0v) is 11.5. The lowest BCUT2D eigenvalue weighted by Gasteiger charge is -2.17. The van der Waals surface area contributed by atoms with E-state index in [1.807, 2.05) is 6.07 Å². The molecule has 1 aromatic rings. The highest BCUT2D eigenvalue weighted by Crippen LogP contribution is 2.33. The fraction of sp³-hybridized carbons (Fsp3) is 0.364. The first-order valence-corrected chi connectivity index (χ1v) is 6.66. The smallest absolute Gasteiger partial charge is 0.268 e. The van der Waals surface area contributed by atoms with E-state index in [1.54, 1.807) is 0 Å². The second-order valence-electron chi connectivity index (χ2n) is 4.55. The summed E-state index contributed by atoms with van der Waals surface area (Å²) >= 11 is 3.31. The second-order valence-corrected chi connectivity index (χ2v) is 5.40. The van der Waals surface area contributed by atoms with Crippen LogP contribution in [-0.4, -0.2) is 35.3 Å². The number of hydrogen-bond donors (Lipinski definition) is 4. The standard InChI is InChI=1S/C11H12BrN5O2/c12-6-3-5-4(7-10(19)17-11(13)16-7)1-2-14-9(18)8(5)15-6/h3-4,7,15H,1-2H2,(H,14,18)(H3,13,16,17,19)/t4-,7+/m0/s1. The molecule has 100 valence electrons. The maximum atomic E-state index is 11.9. The molecule has 0 unspecified atom stereocenters. The lowest BCUT2D eigenvalue weighted by Crippen LogP contribution is -2.35. The van der Waals surface area contributed by atoms with E-state index >= 15 is 0 Å². The molecule has 1 aromatic heterocycles. The molecule has 2 atom stereocenters. The molecule has 2 aliphatic heterocycles. The van der Waals surface area contributed by atoms with Gasteiger partial charge in [-0.05, 0) is 34.0 Å². The predicted octanol–water partition coefficient (Wildman–Crippen LogP) is -0.193. The number of H-pyrrole nitrogens is 1. The van der Waals surface area contributed by atoms with E-state index in [0.717, 1.165) is 5.56 Å². The van der Waals surface area contributed by atoms with Crippen LogP contribution in [0.3, 0.4) is 0 Å². The molecule has 3 rings (SSSR count). The van der Waals surface area contributed by atoms with Crippen LogP contribution >= 0.6 is 15.9 Å². The van der Waals surface area contributed by atoms with Crippen molar-refractivity contribution in [1.29, 1.82) is 0 Å². The minimum absolute atomic E-state index is 0.134. The van der Waals surface area contributed by atoms with Crippen molar-refractivity contribution in [3.05, 3.63) is 21.9 Å². The van der Waals surface area contributed by atoms with E-state index in [0.29, 0.717) is 23.3 Å². The van der Waals surface area contributed by atoms with Gasteiger partial charge in [0.25, 0.3) is 11.8 Å². The van der Waals surface area contributed by atoms with Crippen molar-refractivity contribution in [3.8, 4) is 0 Å². The highest BCUT2D eigenvalue weighted by Gasteiger charge is 2.37. The monoisotopic (exact) mass is 325 g/mol. The first-order chi connectivity index (χ1) is 9.06. The Bertz CT molecular complexity index is 594. The number of rotatable bonds is 1. The van der Waals surface area contributed by atoms with Gasteiger partial charge in [-0.3, -0.25) is 14.9 Å². The van der Waals surface area contributed by atoms with Gasteiger partial charge in [0.15, 0.2) is 5.96 Å². The third kappa shape index (κ3) is 2.01. The number of aromatic amines is 1. The van der Waals surface area contributed by atoms with Gasteiger partial charge in [0, 0.05) is 12.5 Å². The number of guanidine groups is 1. The van der Waals surface area contributed by atoms with E-state index < -0.39 is 6.04 Å². The van der Waals surface area contributed by atoms with Crippen LogP contribution < -0.4 is 16.4 Å². The molecular formula is C11H12BrN5O2. The fourth-order valence-corrected chi connectivity index (χ4v) is 2.99. The molecule has 0 fully saturated rings. The average molecular weight is 326 g/mol. The summed E-state index contributed by atoms with van der Waals surface area (Å²) in [7, 11) is 0. The van der Waals surface area contributed by atoms with Crippen LogP contribution in [0.15, 0.2) is 15.7 Å². The van der Waals surface area contributed by atoms with Crippen LogP contribution in [0.25, 0.3) is 0 Å². The Labute approximate surface area is 117 Å². The SMILES string of the molecule is NC1=N[C@H]([C@H]2CCNC(=O)c3[nH]c(Br)cc32)C(=O)N1. The first-order valence-electron chi connectivity index (χ1n) is 5.87. The van der Waals surface area contributed by atoms with Crippen molar-refractivity contribution in [2.45, 2.75) is 18.4 Å². The van der Waals surface area contributed by atoms with Crippen molar-refractivity contribution in [2.75, 3.05) is 6.54 Å². The average Bonchev–Trinajstić information content (AvgIpc) is 2.84. The van der Waals surface area contributed by atoms with E-state index in [-0.39, 0.29) is 23.7 Å². The van der Waals surface area contributed by atoms with Crippen LogP contribution in [0.4, 0.5) is 0 Å². The lowest BCUT2D eigenvalue weighted by molar-refractivity contribution is -0.120. The third-order valence-electron chi connectivity index (χ3n) is 3.36. The molecule has 19 heavy (non-hydrogen) atoms. The summed E-state index contributed by atoms with van der Waals surface area (Å²) in [5, 5.41) is 5.29. The number of amides is 2. The van der Waals surface area contributed by atoms with E-state index in [9.17, 15) is 9.59 Å². The van der Waals surface area contributed by atoms with Gasteiger partial charge in [0.1, 0.15) is 11.7 Å². The molecular weight excluding hydrogens is 314 g/mol. The minimum atomic E-state index is -0.575. The van der Waals surface area contributed by atoms with Gasteiger partial charge in [-0.15, -0.1) is 0 Å². The summed E-state index contributed by atoms with van der Waals surface area (Å²) < 4.78 is 0.704. The predicted molar refractivity (Wildman–Crippen MR) is 71.7 cm³/mol. The quantitative estimate of drug-likeness (QED) is 0.574. The number of aliphatic imine (C=N–C) groups is 1. The summed E-state index contributed by atoms with van der Waals surface area (Å²) in [6, 6.07) is 1.25. The molecule has 0 spiro atoms. The molecule has 8 heteroatoms. The summed E-state index contributed by atoms with van der Waals surface area (Å²) in [4.78, 5) is 30.9. The number of aromatic nitrogens is 1. The van der Waals surface area contributed by atoms with E-state index in [4.69, 9.17) is 5.73 Å². The van der Waals surface area contributed by atoms with Gasteiger partial charge in [0.05, 0.1) is 4.60 Å². The second kappa shape index (κ2) is 4.37. The molecule has 0 radical (unpaired) electrons. The molecule has 0 aromatic carbocycles. The van der Waals surface area contributed by atoms with E-state index in [1.165, 1.54) is 0 Å². The zero-order chi connectivity index (χ0) is 13.6. The van der Waals surface area contributed by atoms with Gasteiger partial charge >= 0.3 is 0 Å². The van der Waals surface area contributed by atoms with Crippen molar-refractivity contribution in [3.63, 3.8) is 0 Å². The molecule has 5 N–H and O–H groups in total. The zero-order valence-electron chi connectivity index (χ0n) is 9.87. The summed E-state index contributed by atoms with van der Waals surface area (Å²) in [5.74, 6) is -0.425. The Hall–Kier alpha value is -1.83. The highest BCUT2D eigenvalue weighted by molar-refractivity contribution is 9.10. The molecule has 2 amide bonds. The maximum absolute atomic E-state index is 11.9. The molecule has 0 saturated carbocycles. The Kier molecular flexibility index (Phi) is 2.81. The molecule has 0 saturated heterocycles. The van der Waals surface area contributed by atoms with Crippen LogP contribution in [0, 0.1) is 0 Å². The third-order valence-corrected chi connectivity index (χ3v) is 3.79.